The molecule has 1 amide bonds. The molecule has 0 aliphatic heterocycles. The van der Waals surface area contributed by atoms with Crippen molar-refractivity contribution in [2.45, 2.75) is 25.7 Å². The third-order valence-corrected chi connectivity index (χ3v) is 5.31. The summed E-state index contributed by atoms with van der Waals surface area (Å²) in [6, 6.07) is 18.4. The van der Waals surface area contributed by atoms with Gasteiger partial charge in [-0.3, -0.25) is 9.59 Å². The number of hydrogen-bond donors (Lipinski definition) is 1. The summed E-state index contributed by atoms with van der Waals surface area (Å²) in [4.78, 5) is 29.9. The van der Waals surface area contributed by atoms with Crippen molar-refractivity contribution < 1.29 is 14.1 Å². The summed E-state index contributed by atoms with van der Waals surface area (Å²) in [5, 5.41) is 7.68. The molecular formula is C24H19N3O3. The van der Waals surface area contributed by atoms with Crippen LogP contribution < -0.4 is 5.32 Å². The summed E-state index contributed by atoms with van der Waals surface area (Å²) >= 11 is 0. The molecule has 1 fully saturated rings. The topological polar surface area (TPSA) is 85.1 Å². The molecule has 0 unspecified atom stereocenters. The van der Waals surface area contributed by atoms with Crippen molar-refractivity contribution >= 4 is 28.5 Å². The zero-order valence-electron chi connectivity index (χ0n) is 16.4. The third kappa shape index (κ3) is 3.26. The first-order valence-electron chi connectivity index (χ1n) is 9.89. The van der Waals surface area contributed by atoms with Gasteiger partial charge in [-0.05, 0) is 38.0 Å². The minimum absolute atomic E-state index is 0.112. The van der Waals surface area contributed by atoms with Crippen molar-refractivity contribution in [1.82, 2.24) is 10.1 Å². The summed E-state index contributed by atoms with van der Waals surface area (Å²) < 4.78 is 5.53. The molecule has 5 rings (SSSR count). The Kier molecular flexibility index (Phi) is 4.39. The Labute approximate surface area is 172 Å². The van der Waals surface area contributed by atoms with Crippen molar-refractivity contribution in [3.05, 3.63) is 77.5 Å². The van der Waals surface area contributed by atoms with E-state index in [-0.39, 0.29) is 11.7 Å². The van der Waals surface area contributed by atoms with Crippen LogP contribution in [0.2, 0.25) is 0 Å². The molecule has 0 radical (unpaired) electrons. The fraction of sp³-hybridized carbons (Fsp3) is 0.167. The number of hydrogen-bond acceptors (Lipinski definition) is 5. The normalized spacial score (nSPS) is 13.4. The summed E-state index contributed by atoms with van der Waals surface area (Å²) in [7, 11) is 0. The van der Waals surface area contributed by atoms with Crippen molar-refractivity contribution in [3.8, 4) is 11.3 Å². The number of amides is 1. The van der Waals surface area contributed by atoms with E-state index in [0.717, 1.165) is 24.1 Å². The quantitative estimate of drug-likeness (QED) is 0.467. The van der Waals surface area contributed by atoms with E-state index in [1.807, 2.05) is 36.4 Å². The number of anilines is 1. The van der Waals surface area contributed by atoms with Crippen LogP contribution >= 0.6 is 0 Å². The first-order valence-corrected chi connectivity index (χ1v) is 9.89. The van der Waals surface area contributed by atoms with Crippen LogP contribution in [0.25, 0.3) is 22.4 Å². The fourth-order valence-electron chi connectivity index (χ4n) is 3.62. The molecule has 1 aliphatic rings. The summed E-state index contributed by atoms with van der Waals surface area (Å²) in [5.41, 5.74) is 3.99. The second kappa shape index (κ2) is 7.22. The number of nitrogens with zero attached hydrogens (tertiary/aromatic N) is 2. The number of aromatic nitrogens is 2. The van der Waals surface area contributed by atoms with E-state index >= 15 is 0 Å². The zero-order valence-corrected chi connectivity index (χ0v) is 16.4. The van der Waals surface area contributed by atoms with Gasteiger partial charge in [-0.1, -0.05) is 47.6 Å². The number of nitrogens with one attached hydrogen (secondary N) is 1. The van der Waals surface area contributed by atoms with Crippen LogP contribution in [0.1, 0.15) is 52.1 Å². The summed E-state index contributed by atoms with van der Waals surface area (Å²) in [5.74, 6) is -0.0893. The van der Waals surface area contributed by atoms with Crippen molar-refractivity contribution in [1.29, 1.82) is 0 Å². The maximum absolute atomic E-state index is 13.4. The highest BCUT2D eigenvalue weighted by Gasteiger charge is 2.29. The molecule has 2 aromatic heterocycles. The van der Waals surface area contributed by atoms with E-state index in [4.69, 9.17) is 4.52 Å². The Morgan fingerprint density at radius 2 is 1.73 bits per heavy atom. The number of benzene rings is 2. The van der Waals surface area contributed by atoms with E-state index in [2.05, 4.69) is 15.5 Å². The average Bonchev–Trinajstić information content (AvgIpc) is 3.53. The molecule has 0 spiro atoms. The third-order valence-electron chi connectivity index (χ3n) is 5.31. The Morgan fingerprint density at radius 3 is 2.47 bits per heavy atom. The molecule has 1 N–H and O–H groups in total. The van der Waals surface area contributed by atoms with Gasteiger partial charge in [-0.15, -0.1) is 0 Å². The number of fused-ring (bicyclic) bond motifs is 1. The summed E-state index contributed by atoms with van der Waals surface area (Å²) in [6.45, 7) is 1.48. The number of para-hydroxylation sites is 1. The Hall–Kier alpha value is -3.80. The van der Waals surface area contributed by atoms with Crippen molar-refractivity contribution in [2.24, 2.45) is 0 Å². The first-order chi connectivity index (χ1) is 14.6. The minimum atomic E-state index is -0.321. The number of ketones is 1. The molecule has 0 saturated heterocycles. The van der Waals surface area contributed by atoms with E-state index < -0.39 is 0 Å². The van der Waals surface area contributed by atoms with E-state index in [1.165, 1.54) is 6.92 Å². The average molecular weight is 397 g/mol. The van der Waals surface area contributed by atoms with Gasteiger partial charge in [-0.25, -0.2) is 4.98 Å². The lowest BCUT2D eigenvalue weighted by atomic mass is 10.0. The van der Waals surface area contributed by atoms with Crippen molar-refractivity contribution in [3.63, 3.8) is 0 Å². The highest BCUT2D eigenvalue weighted by molar-refractivity contribution is 6.16. The molecule has 30 heavy (non-hydrogen) atoms. The maximum atomic E-state index is 13.4. The molecule has 148 valence electrons. The van der Waals surface area contributed by atoms with Crippen molar-refractivity contribution in [2.75, 3.05) is 5.32 Å². The van der Waals surface area contributed by atoms with Crippen LogP contribution in [0, 0.1) is 0 Å². The molecule has 1 aliphatic carbocycles. The smallest absolute Gasteiger partial charge is 0.259 e. The number of Topliss-reactive ketones (excluding diaryl/α,β-unsaturated/α-hetero) is 1. The molecular weight excluding hydrogens is 378 g/mol. The largest absolute Gasteiger partial charge is 0.335 e. The van der Waals surface area contributed by atoms with Gasteiger partial charge in [0.25, 0.3) is 11.6 Å². The number of carbonyl (C=O) groups excluding carboxylic acids is 2. The predicted molar refractivity (Wildman–Crippen MR) is 114 cm³/mol. The van der Waals surface area contributed by atoms with Gasteiger partial charge in [0.05, 0.1) is 16.6 Å². The van der Waals surface area contributed by atoms with Gasteiger partial charge in [0.1, 0.15) is 5.69 Å². The highest BCUT2D eigenvalue weighted by Crippen LogP contribution is 2.41. The van der Waals surface area contributed by atoms with Gasteiger partial charge in [0, 0.05) is 22.7 Å². The monoisotopic (exact) mass is 397 g/mol. The van der Waals surface area contributed by atoms with Gasteiger partial charge in [-0.2, -0.15) is 0 Å². The fourth-order valence-corrected chi connectivity index (χ4v) is 3.62. The molecule has 1 saturated carbocycles. The SMILES string of the molecule is CC(=O)c1ccccc1NC(=O)c1cc(C2CC2)nc2onc(-c3ccccc3)c12. The second-order valence-electron chi connectivity index (χ2n) is 7.50. The Bertz CT molecular complexity index is 1270. The van der Waals surface area contributed by atoms with Crippen LogP contribution in [0.3, 0.4) is 0 Å². The Balaban J connectivity index is 1.64. The zero-order chi connectivity index (χ0) is 20.7. The molecule has 4 aromatic rings. The number of pyridine rings is 1. The van der Waals surface area contributed by atoms with E-state index in [1.54, 1.807) is 24.3 Å². The highest BCUT2D eigenvalue weighted by atomic mass is 16.5. The number of carbonyl (C=O) groups is 2. The van der Waals surface area contributed by atoms with Gasteiger partial charge in [0.15, 0.2) is 5.78 Å². The van der Waals surface area contributed by atoms with Crippen LogP contribution in [0.5, 0.6) is 0 Å². The van der Waals surface area contributed by atoms with Gasteiger partial charge < -0.3 is 9.84 Å². The first kappa shape index (κ1) is 18.2. The molecule has 6 nitrogen and oxygen atoms in total. The molecule has 6 heteroatoms. The molecule has 0 bridgehead atoms. The molecule has 0 atom stereocenters. The predicted octanol–water partition coefficient (Wildman–Crippen LogP) is 5.22. The maximum Gasteiger partial charge on any atom is 0.259 e. The van der Waals surface area contributed by atoms with E-state index in [9.17, 15) is 9.59 Å². The summed E-state index contributed by atoms with van der Waals surface area (Å²) in [6.07, 6.45) is 2.10. The van der Waals surface area contributed by atoms with Crippen LogP contribution in [0.4, 0.5) is 5.69 Å². The van der Waals surface area contributed by atoms with Crippen LogP contribution in [-0.4, -0.2) is 21.8 Å². The molecule has 2 heterocycles. The second-order valence-corrected chi connectivity index (χ2v) is 7.50. The lowest BCUT2D eigenvalue weighted by molar-refractivity contribution is 0.101. The molecule has 2 aromatic carbocycles. The minimum Gasteiger partial charge on any atom is -0.335 e. The standard InChI is InChI=1S/C24H19N3O3/c1-14(28)17-9-5-6-10-19(17)25-23(29)18-13-20(15-11-12-15)26-24-21(18)22(27-30-24)16-7-3-2-4-8-16/h2-10,13,15H,11-12H2,1H3,(H,25,29). The lowest BCUT2D eigenvalue weighted by Crippen LogP contribution is -2.15. The van der Waals surface area contributed by atoms with Gasteiger partial charge in [0.2, 0.25) is 0 Å². The Morgan fingerprint density at radius 1 is 1.00 bits per heavy atom. The van der Waals surface area contributed by atoms with Crippen LogP contribution in [0.15, 0.2) is 65.2 Å². The number of rotatable bonds is 5. The van der Waals surface area contributed by atoms with Crippen LogP contribution in [-0.2, 0) is 0 Å². The van der Waals surface area contributed by atoms with Gasteiger partial charge >= 0.3 is 0 Å². The lowest BCUT2D eigenvalue weighted by Gasteiger charge is -2.11. The van der Waals surface area contributed by atoms with E-state index in [0.29, 0.717) is 39.5 Å².